The van der Waals surface area contributed by atoms with E-state index in [0.29, 0.717) is 6.54 Å². The highest BCUT2D eigenvalue weighted by atomic mass is 79.9. The van der Waals surface area contributed by atoms with Crippen molar-refractivity contribution in [1.82, 2.24) is 15.0 Å². The third-order valence-corrected chi connectivity index (χ3v) is 1.99. The van der Waals surface area contributed by atoms with Crippen LogP contribution in [-0.2, 0) is 7.05 Å². The number of nitrogens with zero attached hydrogens (tertiary/aromatic N) is 3. The fourth-order valence-corrected chi connectivity index (χ4v) is 1.30. The first-order chi connectivity index (χ1) is 5.75. The number of hydrogen-bond donors (Lipinski definition) is 2. The van der Waals surface area contributed by atoms with E-state index in [1.807, 2.05) is 7.05 Å². The first-order valence-corrected chi connectivity index (χ1v) is 4.54. The molecule has 12 heavy (non-hydrogen) atoms. The van der Waals surface area contributed by atoms with E-state index in [9.17, 15) is 0 Å². The van der Waals surface area contributed by atoms with Gasteiger partial charge in [0.1, 0.15) is 0 Å². The fourth-order valence-electron chi connectivity index (χ4n) is 0.828. The lowest BCUT2D eigenvalue weighted by Gasteiger charge is -2.03. The molecule has 0 bridgehead atoms. The molecule has 0 unspecified atom stereocenters. The number of anilines is 1. The summed E-state index contributed by atoms with van der Waals surface area (Å²) in [6.45, 7) is 1.53. The van der Waals surface area contributed by atoms with E-state index in [2.05, 4.69) is 31.6 Å². The SMILES string of the molecule is Cn1nnc(Br)c1NCCCN. The van der Waals surface area contributed by atoms with Crippen molar-refractivity contribution < 1.29 is 0 Å². The number of aromatic nitrogens is 3. The zero-order valence-electron chi connectivity index (χ0n) is 6.92. The summed E-state index contributed by atoms with van der Waals surface area (Å²) in [7, 11) is 1.84. The number of aryl methyl sites for hydroxylation is 1. The molecule has 1 aromatic heterocycles. The van der Waals surface area contributed by atoms with E-state index in [0.717, 1.165) is 23.4 Å². The van der Waals surface area contributed by atoms with Gasteiger partial charge in [0.2, 0.25) is 0 Å². The van der Waals surface area contributed by atoms with E-state index >= 15 is 0 Å². The maximum atomic E-state index is 5.35. The molecule has 1 aromatic rings. The summed E-state index contributed by atoms with van der Waals surface area (Å²) < 4.78 is 2.42. The van der Waals surface area contributed by atoms with E-state index in [-0.39, 0.29) is 0 Å². The summed E-state index contributed by atoms with van der Waals surface area (Å²) in [5.74, 6) is 0.892. The van der Waals surface area contributed by atoms with Crippen LogP contribution in [0.2, 0.25) is 0 Å². The molecule has 3 N–H and O–H groups in total. The van der Waals surface area contributed by atoms with Crippen LogP contribution in [0, 0.1) is 0 Å². The van der Waals surface area contributed by atoms with Crippen LogP contribution in [0.1, 0.15) is 6.42 Å². The minimum Gasteiger partial charge on any atom is -0.368 e. The van der Waals surface area contributed by atoms with Gasteiger partial charge in [0, 0.05) is 13.6 Å². The smallest absolute Gasteiger partial charge is 0.172 e. The largest absolute Gasteiger partial charge is 0.368 e. The van der Waals surface area contributed by atoms with Crippen LogP contribution in [0.15, 0.2) is 4.60 Å². The van der Waals surface area contributed by atoms with E-state index < -0.39 is 0 Å². The van der Waals surface area contributed by atoms with Gasteiger partial charge in [-0.25, -0.2) is 4.68 Å². The molecule has 0 radical (unpaired) electrons. The molecule has 0 fully saturated rings. The molecule has 0 aliphatic rings. The van der Waals surface area contributed by atoms with Crippen molar-refractivity contribution in [2.24, 2.45) is 12.8 Å². The predicted octanol–water partition coefficient (Wildman–Crippen LogP) is 0.338. The Morgan fingerprint density at radius 2 is 2.42 bits per heavy atom. The van der Waals surface area contributed by atoms with Gasteiger partial charge in [-0.1, -0.05) is 5.21 Å². The predicted molar refractivity (Wildman–Crippen MR) is 50.9 cm³/mol. The Hall–Kier alpha value is -0.620. The molecule has 5 nitrogen and oxygen atoms in total. The molecule has 6 heteroatoms. The molecule has 1 heterocycles. The van der Waals surface area contributed by atoms with Gasteiger partial charge in [0.15, 0.2) is 10.4 Å². The normalized spacial score (nSPS) is 10.2. The van der Waals surface area contributed by atoms with Crippen LogP contribution >= 0.6 is 15.9 Å². The Morgan fingerprint density at radius 3 is 2.92 bits per heavy atom. The van der Waals surface area contributed by atoms with Crippen molar-refractivity contribution in [2.75, 3.05) is 18.4 Å². The lowest BCUT2D eigenvalue weighted by Crippen LogP contribution is -2.11. The molecule has 0 spiro atoms. The average Bonchev–Trinajstić information content (AvgIpc) is 2.35. The zero-order chi connectivity index (χ0) is 8.97. The van der Waals surface area contributed by atoms with Gasteiger partial charge < -0.3 is 11.1 Å². The molecule has 0 aromatic carbocycles. The topological polar surface area (TPSA) is 68.8 Å². The van der Waals surface area contributed by atoms with Crippen LogP contribution in [0.4, 0.5) is 5.82 Å². The van der Waals surface area contributed by atoms with Crippen LogP contribution in [0.3, 0.4) is 0 Å². The number of rotatable bonds is 4. The van der Waals surface area contributed by atoms with Crippen molar-refractivity contribution in [3.05, 3.63) is 4.60 Å². The Morgan fingerprint density at radius 1 is 1.67 bits per heavy atom. The van der Waals surface area contributed by atoms with Gasteiger partial charge in [-0.3, -0.25) is 0 Å². The van der Waals surface area contributed by atoms with Crippen molar-refractivity contribution in [3.63, 3.8) is 0 Å². The second-order valence-electron chi connectivity index (χ2n) is 2.42. The number of nitrogens with one attached hydrogen (secondary N) is 1. The highest BCUT2D eigenvalue weighted by Gasteiger charge is 2.05. The third kappa shape index (κ3) is 2.18. The molecule has 0 aliphatic heterocycles. The Balaban J connectivity index is 2.50. The summed E-state index contributed by atoms with van der Waals surface area (Å²) >= 11 is 3.28. The van der Waals surface area contributed by atoms with Crippen molar-refractivity contribution >= 4 is 21.7 Å². The van der Waals surface area contributed by atoms with Crippen molar-refractivity contribution in [1.29, 1.82) is 0 Å². The first-order valence-electron chi connectivity index (χ1n) is 3.75. The van der Waals surface area contributed by atoms with Gasteiger partial charge in [-0.2, -0.15) is 0 Å². The minimum atomic E-state index is 0.690. The second kappa shape index (κ2) is 4.42. The Kier molecular flexibility index (Phi) is 3.48. The van der Waals surface area contributed by atoms with E-state index in [1.165, 1.54) is 0 Å². The van der Waals surface area contributed by atoms with Crippen LogP contribution < -0.4 is 11.1 Å². The highest BCUT2D eigenvalue weighted by Crippen LogP contribution is 2.16. The van der Waals surface area contributed by atoms with Crippen molar-refractivity contribution in [2.45, 2.75) is 6.42 Å². The maximum Gasteiger partial charge on any atom is 0.172 e. The maximum absolute atomic E-state index is 5.35. The summed E-state index contributed by atoms with van der Waals surface area (Å²) in [4.78, 5) is 0. The molecular weight excluding hydrogens is 222 g/mol. The number of nitrogens with two attached hydrogens (primary N) is 1. The second-order valence-corrected chi connectivity index (χ2v) is 3.17. The van der Waals surface area contributed by atoms with Gasteiger partial charge in [0.05, 0.1) is 0 Å². The van der Waals surface area contributed by atoms with Crippen LogP contribution in [0.5, 0.6) is 0 Å². The van der Waals surface area contributed by atoms with E-state index in [4.69, 9.17) is 5.73 Å². The third-order valence-electron chi connectivity index (χ3n) is 1.46. The molecular formula is C6H12BrN5. The van der Waals surface area contributed by atoms with Gasteiger partial charge >= 0.3 is 0 Å². The zero-order valence-corrected chi connectivity index (χ0v) is 8.50. The summed E-state index contributed by atoms with van der Waals surface area (Å²) in [6.07, 6.45) is 0.942. The van der Waals surface area contributed by atoms with Gasteiger partial charge in [-0.15, -0.1) is 5.10 Å². The molecule has 0 aliphatic carbocycles. The average molecular weight is 234 g/mol. The Labute approximate surface area is 79.4 Å². The number of halogens is 1. The summed E-state index contributed by atoms with van der Waals surface area (Å²) in [6, 6.07) is 0. The lowest BCUT2D eigenvalue weighted by atomic mass is 10.4. The van der Waals surface area contributed by atoms with Gasteiger partial charge in [0.25, 0.3) is 0 Å². The fraction of sp³-hybridized carbons (Fsp3) is 0.667. The quantitative estimate of drug-likeness (QED) is 0.737. The minimum absolute atomic E-state index is 0.690. The van der Waals surface area contributed by atoms with Crippen LogP contribution in [0.25, 0.3) is 0 Å². The molecule has 0 saturated heterocycles. The number of hydrogen-bond acceptors (Lipinski definition) is 4. The first kappa shape index (κ1) is 9.47. The van der Waals surface area contributed by atoms with Crippen LogP contribution in [-0.4, -0.2) is 28.1 Å². The van der Waals surface area contributed by atoms with Crippen molar-refractivity contribution in [3.8, 4) is 0 Å². The summed E-state index contributed by atoms with van der Waals surface area (Å²) in [5.41, 5.74) is 5.35. The molecule has 0 saturated carbocycles. The molecule has 0 amide bonds. The molecule has 68 valence electrons. The summed E-state index contributed by atoms with van der Waals surface area (Å²) in [5, 5.41) is 10.8. The van der Waals surface area contributed by atoms with Gasteiger partial charge in [-0.05, 0) is 28.9 Å². The highest BCUT2D eigenvalue weighted by molar-refractivity contribution is 9.10. The molecule has 0 atom stereocenters. The lowest BCUT2D eigenvalue weighted by molar-refractivity contribution is 0.714. The standard InChI is InChI=1S/C6H12BrN5/c1-12-6(5(7)10-11-12)9-4-2-3-8/h9H,2-4,8H2,1H3. The molecule has 1 rings (SSSR count). The Bertz CT molecular complexity index is 227. The van der Waals surface area contributed by atoms with E-state index in [1.54, 1.807) is 4.68 Å². The monoisotopic (exact) mass is 233 g/mol.